The third-order valence-corrected chi connectivity index (χ3v) is 3.89. The Morgan fingerprint density at radius 1 is 1.36 bits per heavy atom. The number of fused-ring (bicyclic) bond motifs is 1. The molecular formula is C16H16ClFN4. The van der Waals surface area contributed by atoms with Gasteiger partial charge in [-0.15, -0.1) is 0 Å². The van der Waals surface area contributed by atoms with Crippen molar-refractivity contribution in [2.45, 2.75) is 26.7 Å². The zero-order valence-electron chi connectivity index (χ0n) is 12.6. The number of hydrogen-bond acceptors (Lipinski definition) is 4. The van der Waals surface area contributed by atoms with E-state index in [1.54, 1.807) is 12.4 Å². The molecule has 0 spiro atoms. The molecule has 1 aliphatic heterocycles. The van der Waals surface area contributed by atoms with Gasteiger partial charge in [0, 0.05) is 18.0 Å². The van der Waals surface area contributed by atoms with E-state index in [-0.39, 0.29) is 11.1 Å². The van der Waals surface area contributed by atoms with Gasteiger partial charge in [0.05, 0.1) is 11.4 Å². The zero-order chi connectivity index (χ0) is 15.9. The lowest BCUT2D eigenvalue weighted by Gasteiger charge is -2.30. The molecule has 0 saturated heterocycles. The number of hydrogen-bond donors (Lipinski definition) is 0. The van der Waals surface area contributed by atoms with Gasteiger partial charge in [0.15, 0.2) is 11.0 Å². The van der Waals surface area contributed by atoms with Gasteiger partial charge in [0.2, 0.25) is 0 Å². The first-order valence-electron chi connectivity index (χ1n) is 7.08. The fourth-order valence-corrected chi connectivity index (χ4v) is 2.73. The van der Waals surface area contributed by atoms with E-state index in [4.69, 9.17) is 11.6 Å². The van der Waals surface area contributed by atoms with Crippen molar-refractivity contribution in [3.63, 3.8) is 0 Å². The quantitative estimate of drug-likeness (QED) is 0.778. The van der Waals surface area contributed by atoms with Gasteiger partial charge in [0.25, 0.3) is 0 Å². The van der Waals surface area contributed by atoms with E-state index in [1.165, 1.54) is 6.07 Å². The summed E-state index contributed by atoms with van der Waals surface area (Å²) < 4.78 is 13.6. The van der Waals surface area contributed by atoms with E-state index >= 15 is 0 Å². The van der Waals surface area contributed by atoms with Crippen LogP contribution in [0.3, 0.4) is 0 Å². The molecule has 0 bridgehead atoms. The first-order chi connectivity index (χ1) is 10.5. The lowest BCUT2D eigenvalue weighted by molar-refractivity contribution is 0.621. The predicted molar refractivity (Wildman–Crippen MR) is 86.9 cm³/mol. The Hall–Kier alpha value is -2.01. The minimum Gasteiger partial charge on any atom is -0.304 e. The van der Waals surface area contributed by atoms with Crippen LogP contribution in [-0.4, -0.2) is 22.9 Å². The van der Waals surface area contributed by atoms with Crippen molar-refractivity contribution >= 4 is 29.3 Å². The van der Waals surface area contributed by atoms with Crippen molar-refractivity contribution in [2.24, 2.45) is 4.99 Å². The normalized spacial score (nSPS) is 13.6. The number of aryl methyl sites for hydroxylation is 1. The summed E-state index contributed by atoms with van der Waals surface area (Å²) in [7, 11) is 0. The van der Waals surface area contributed by atoms with Crippen LogP contribution < -0.4 is 4.90 Å². The van der Waals surface area contributed by atoms with Gasteiger partial charge in [-0.05, 0) is 30.5 Å². The van der Waals surface area contributed by atoms with Gasteiger partial charge in [-0.1, -0.05) is 25.4 Å². The third-order valence-electron chi connectivity index (χ3n) is 3.62. The number of aliphatic imine (C=N–C) groups is 1. The highest BCUT2D eigenvalue weighted by Crippen LogP contribution is 2.36. The van der Waals surface area contributed by atoms with E-state index in [0.29, 0.717) is 18.1 Å². The highest BCUT2D eigenvalue weighted by Gasteiger charge is 2.24. The second kappa shape index (κ2) is 5.65. The number of anilines is 2. The first kappa shape index (κ1) is 14.9. The molecule has 22 heavy (non-hydrogen) atoms. The number of nitrogens with zero attached hydrogens (tertiary/aromatic N) is 4. The molecule has 0 amide bonds. The minimum atomic E-state index is -0.541. The molecular weight excluding hydrogens is 303 g/mol. The van der Waals surface area contributed by atoms with E-state index in [0.717, 1.165) is 16.9 Å². The molecule has 0 aliphatic carbocycles. The van der Waals surface area contributed by atoms with Crippen LogP contribution >= 0.6 is 11.6 Å². The smallest absolute Gasteiger partial charge is 0.167 e. The number of halogens is 2. The SMILES string of the molecule is Cc1ccnc(C(C)C)c1N1CN=Cc2cc(F)c(Cl)nc21. The van der Waals surface area contributed by atoms with E-state index in [1.807, 2.05) is 17.9 Å². The fourth-order valence-electron chi connectivity index (χ4n) is 2.59. The fraction of sp³-hybridized carbons (Fsp3) is 0.312. The summed E-state index contributed by atoms with van der Waals surface area (Å²) in [4.78, 5) is 15.0. The van der Waals surface area contributed by atoms with Crippen molar-refractivity contribution in [1.82, 2.24) is 9.97 Å². The molecule has 2 aromatic rings. The first-order valence-corrected chi connectivity index (χ1v) is 7.45. The van der Waals surface area contributed by atoms with Gasteiger partial charge in [-0.25, -0.2) is 9.37 Å². The second-order valence-electron chi connectivity index (χ2n) is 5.57. The van der Waals surface area contributed by atoms with Crippen molar-refractivity contribution in [3.8, 4) is 0 Å². The average molecular weight is 319 g/mol. The molecule has 2 aromatic heterocycles. The van der Waals surface area contributed by atoms with Gasteiger partial charge in [0.1, 0.15) is 12.5 Å². The average Bonchev–Trinajstić information content (AvgIpc) is 2.48. The summed E-state index contributed by atoms with van der Waals surface area (Å²) in [5.41, 5.74) is 3.62. The third kappa shape index (κ3) is 2.46. The molecule has 3 rings (SSSR count). The molecule has 0 fully saturated rings. The van der Waals surface area contributed by atoms with Crippen LogP contribution in [0.5, 0.6) is 0 Å². The van der Waals surface area contributed by atoms with Crippen molar-refractivity contribution in [3.05, 3.63) is 46.1 Å². The molecule has 3 heterocycles. The van der Waals surface area contributed by atoms with Crippen molar-refractivity contribution in [2.75, 3.05) is 11.6 Å². The Bertz CT molecular complexity index is 758. The molecule has 0 radical (unpaired) electrons. The highest BCUT2D eigenvalue weighted by molar-refractivity contribution is 6.29. The summed E-state index contributed by atoms with van der Waals surface area (Å²) in [5, 5.41) is -0.133. The Labute approximate surface area is 133 Å². The zero-order valence-corrected chi connectivity index (χ0v) is 13.4. The van der Waals surface area contributed by atoms with Gasteiger partial charge < -0.3 is 4.90 Å². The topological polar surface area (TPSA) is 41.4 Å². The summed E-state index contributed by atoms with van der Waals surface area (Å²) >= 11 is 5.87. The maximum absolute atomic E-state index is 13.6. The number of rotatable bonds is 2. The van der Waals surface area contributed by atoms with Crippen LogP contribution in [0.15, 0.2) is 23.3 Å². The Morgan fingerprint density at radius 3 is 2.86 bits per heavy atom. The predicted octanol–water partition coefficient (Wildman–Crippen LogP) is 4.23. The monoisotopic (exact) mass is 318 g/mol. The lowest BCUT2D eigenvalue weighted by Crippen LogP contribution is -2.26. The maximum atomic E-state index is 13.6. The van der Waals surface area contributed by atoms with Crippen molar-refractivity contribution in [1.29, 1.82) is 0 Å². The van der Waals surface area contributed by atoms with Crippen LogP contribution in [-0.2, 0) is 0 Å². The van der Waals surface area contributed by atoms with Crippen LogP contribution in [0.1, 0.15) is 36.6 Å². The Morgan fingerprint density at radius 2 is 2.14 bits per heavy atom. The van der Waals surface area contributed by atoms with E-state index in [2.05, 4.69) is 28.8 Å². The van der Waals surface area contributed by atoms with Gasteiger partial charge in [-0.2, -0.15) is 0 Å². The Balaban J connectivity index is 2.20. The standard InChI is InChI=1S/C16H16ClFN4/c1-9(2)13-14(10(3)4-5-20-13)22-8-19-7-11-6-12(18)15(17)21-16(11)22/h4-7,9H,8H2,1-3H3. The molecule has 1 aliphatic rings. The largest absolute Gasteiger partial charge is 0.304 e. The lowest BCUT2D eigenvalue weighted by atomic mass is 10.0. The molecule has 0 atom stereocenters. The summed E-state index contributed by atoms with van der Waals surface area (Å²) in [6.45, 7) is 6.61. The summed E-state index contributed by atoms with van der Waals surface area (Å²) in [6, 6.07) is 3.31. The maximum Gasteiger partial charge on any atom is 0.167 e. The summed E-state index contributed by atoms with van der Waals surface area (Å²) in [5.74, 6) is 0.320. The van der Waals surface area contributed by atoms with Crippen LogP contribution in [0, 0.1) is 12.7 Å². The highest BCUT2D eigenvalue weighted by atomic mass is 35.5. The van der Waals surface area contributed by atoms with Crippen molar-refractivity contribution < 1.29 is 4.39 Å². The second-order valence-corrected chi connectivity index (χ2v) is 5.93. The van der Waals surface area contributed by atoms with Crippen LogP contribution in [0.4, 0.5) is 15.9 Å². The van der Waals surface area contributed by atoms with Crippen LogP contribution in [0.2, 0.25) is 5.15 Å². The summed E-state index contributed by atoms with van der Waals surface area (Å²) in [6.07, 6.45) is 3.42. The molecule has 0 saturated carbocycles. The van der Waals surface area contributed by atoms with Gasteiger partial charge in [-0.3, -0.25) is 9.98 Å². The van der Waals surface area contributed by atoms with E-state index < -0.39 is 5.82 Å². The Kier molecular flexibility index (Phi) is 3.83. The molecule has 0 unspecified atom stereocenters. The number of pyridine rings is 2. The molecule has 0 N–H and O–H groups in total. The molecule has 114 valence electrons. The number of aromatic nitrogens is 2. The van der Waals surface area contributed by atoms with Gasteiger partial charge >= 0.3 is 0 Å². The van der Waals surface area contributed by atoms with E-state index in [9.17, 15) is 4.39 Å². The minimum absolute atomic E-state index is 0.133. The molecule has 0 aromatic carbocycles. The molecule has 4 nitrogen and oxygen atoms in total. The molecule has 6 heteroatoms. The van der Waals surface area contributed by atoms with Crippen LogP contribution in [0.25, 0.3) is 0 Å².